The van der Waals surface area contributed by atoms with E-state index in [1.165, 1.54) is 36.4 Å². The van der Waals surface area contributed by atoms with E-state index in [4.69, 9.17) is 4.42 Å². The lowest BCUT2D eigenvalue weighted by molar-refractivity contribution is -0.402. The quantitative estimate of drug-likeness (QED) is 0.269. The highest BCUT2D eigenvalue weighted by molar-refractivity contribution is 5.91. The predicted octanol–water partition coefficient (Wildman–Crippen LogP) is 5.03. The zero-order valence-electron chi connectivity index (χ0n) is 15.0. The molecule has 2 aromatic heterocycles. The molecule has 2 heterocycles. The molecule has 0 radical (unpaired) electrons. The third-order valence-corrected chi connectivity index (χ3v) is 4.07. The molecule has 0 bridgehead atoms. The molecule has 0 fully saturated rings. The number of nitrogens with one attached hydrogen (secondary N) is 1. The Morgan fingerprint density at radius 2 is 1.77 bits per heavy atom. The molecule has 4 rings (SSSR count). The fraction of sp³-hybridized carbons (Fsp3) is 0. The van der Waals surface area contributed by atoms with E-state index in [9.17, 15) is 24.0 Å². The van der Waals surface area contributed by atoms with Crippen LogP contribution in [0.1, 0.15) is 11.6 Å². The highest BCUT2D eigenvalue weighted by Crippen LogP contribution is 2.27. The molecular formula is C20H12F2N4O4. The average molecular weight is 410 g/mol. The van der Waals surface area contributed by atoms with Gasteiger partial charge in [0, 0.05) is 17.1 Å². The molecule has 150 valence electrons. The maximum Gasteiger partial charge on any atom is 0.433 e. The highest BCUT2D eigenvalue weighted by atomic mass is 19.2. The van der Waals surface area contributed by atoms with Crippen molar-refractivity contribution in [3.63, 3.8) is 0 Å². The Hall–Kier alpha value is -4.34. The van der Waals surface area contributed by atoms with Gasteiger partial charge in [-0.2, -0.15) is 0 Å². The first-order valence-corrected chi connectivity index (χ1v) is 8.54. The molecule has 0 saturated heterocycles. The van der Waals surface area contributed by atoms with Gasteiger partial charge in [0.05, 0.1) is 11.6 Å². The van der Waals surface area contributed by atoms with Gasteiger partial charge in [0.25, 0.3) is 0 Å². The topological polar surface area (TPSA) is 114 Å². The minimum atomic E-state index is -1.06. The predicted molar refractivity (Wildman–Crippen MR) is 105 cm³/mol. The van der Waals surface area contributed by atoms with Crippen LogP contribution in [0.15, 0.2) is 52.9 Å². The number of halogens is 2. The molecule has 0 spiro atoms. The first-order valence-electron chi connectivity index (χ1n) is 8.54. The third-order valence-electron chi connectivity index (χ3n) is 4.07. The molecule has 30 heavy (non-hydrogen) atoms. The number of anilines is 2. The van der Waals surface area contributed by atoms with Crippen molar-refractivity contribution < 1.29 is 23.2 Å². The summed E-state index contributed by atoms with van der Waals surface area (Å²) < 4.78 is 32.6. The van der Waals surface area contributed by atoms with E-state index in [1.54, 1.807) is 12.1 Å². The number of phenols is 1. The van der Waals surface area contributed by atoms with Crippen LogP contribution >= 0.6 is 0 Å². The number of aromatic hydroxyl groups is 1. The molecule has 2 N–H and O–H groups in total. The van der Waals surface area contributed by atoms with E-state index < -0.39 is 22.4 Å². The van der Waals surface area contributed by atoms with Crippen molar-refractivity contribution in [1.82, 2.24) is 9.97 Å². The molecular weight excluding hydrogens is 398 g/mol. The van der Waals surface area contributed by atoms with E-state index >= 15 is 0 Å². The van der Waals surface area contributed by atoms with Crippen molar-refractivity contribution in [3.05, 3.63) is 81.9 Å². The van der Waals surface area contributed by atoms with Crippen molar-refractivity contribution in [2.45, 2.75) is 0 Å². The number of rotatable bonds is 5. The van der Waals surface area contributed by atoms with Crippen LogP contribution < -0.4 is 5.32 Å². The van der Waals surface area contributed by atoms with Gasteiger partial charge >= 0.3 is 5.88 Å². The largest absolute Gasteiger partial charge is 0.508 e. The summed E-state index contributed by atoms with van der Waals surface area (Å²) in [5, 5.41) is 23.3. The van der Waals surface area contributed by atoms with Gasteiger partial charge in [0.15, 0.2) is 17.5 Å². The Kier molecular flexibility index (Phi) is 4.80. The number of nitrogens with zero attached hydrogens (tertiary/aromatic N) is 3. The van der Waals surface area contributed by atoms with Gasteiger partial charge in [-0.1, -0.05) is 0 Å². The average Bonchev–Trinajstić information content (AvgIpc) is 3.19. The van der Waals surface area contributed by atoms with Crippen LogP contribution in [-0.2, 0) is 0 Å². The van der Waals surface area contributed by atoms with Crippen LogP contribution in [0, 0.1) is 21.7 Å². The second-order valence-corrected chi connectivity index (χ2v) is 6.15. The monoisotopic (exact) mass is 410 g/mol. The fourth-order valence-electron chi connectivity index (χ4n) is 2.68. The van der Waals surface area contributed by atoms with Gasteiger partial charge in [0.2, 0.25) is 0 Å². The van der Waals surface area contributed by atoms with E-state index in [0.29, 0.717) is 5.69 Å². The molecule has 0 aliphatic rings. The number of aromatic nitrogens is 2. The molecule has 4 aromatic rings. The summed E-state index contributed by atoms with van der Waals surface area (Å²) in [6.45, 7) is 0. The number of hydrogen-bond donors (Lipinski definition) is 2. The van der Waals surface area contributed by atoms with Crippen LogP contribution in [0.5, 0.6) is 5.75 Å². The Labute approximate surface area is 167 Å². The molecule has 8 nitrogen and oxygen atoms in total. The van der Waals surface area contributed by atoms with Crippen LogP contribution in [0.25, 0.3) is 23.1 Å². The maximum atomic E-state index is 13.8. The minimum Gasteiger partial charge on any atom is -0.508 e. The SMILES string of the molecule is O=[N+]([O-])c1ccc(C=Cc2nc(Nc3ccc(O)cc3)c3cc(F)c(F)cc3n2)o1. The number of furan rings is 1. The Morgan fingerprint density at radius 1 is 1.03 bits per heavy atom. The zero-order chi connectivity index (χ0) is 21.3. The number of hydrogen-bond acceptors (Lipinski definition) is 7. The first-order chi connectivity index (χ1) is 14.4. The second kappa shape index (κ2) is 7.59. The summed E-state index contributed by atoms with van der Waals surface area (Å²) in [6.07, 6.45) is 2.84. The van der Waals surface area contributed by atoms with Crippen molar-refractivity contribution in [1.29, 1.82) is 0 Å². The van der Waals surface area contributed by atoms with Crippen LogP contribution in [0.3, 0.4) is 0 Å². The zero-order valence-corrected chi connectivity index (χ0v) is 15.0. The van der Waals surface area contributed by atoms with Gasteiger partial charge in [0.1, 0.15) is 22.3 Å². The van der Waals surface area contributed by atoms with Gasteiger partial charge in [-0.3, -0.25) is 10.1 Å². The number of fused-ring (bicyclic) bond motifs is 1. The van der Waals surface area contributed by atoms with E-state index in [1.807, 2.05) is 0 Å². The molecule has 0 aliphatic carbocycles. The number of phenolic OH excluding ortho intramolecular Hbond substituents is 1. The summed E-state index contributed by atoms with van der Waals surface area (Å²) in [4.78, 5) is 18.5. The lowest BCUT2D eigenvalue weighted by Crippen LogP contribution is -2.00. The molecule has 0 aliphatic heterocycles. The Balaban J connectivity index is 1.75. The molecule has 0 unspecified atom stereocenters. The fourth-order valence-corrected chi connectivity index (χ4v) is 2.68. The van der Waals surface area contributed by atoms with Gasteiger partial charge < -0.3 is 14.8 Å². The van der Waals surface area contributed by atoms with E-state index in [-0.39, 0.29) is 34.1 Å². The molecule has 0 amide bonds. The smallest absolute Gasteiger partial charge is 0.433 e. The van der Waals surface area contributed by atoms with Gasteiger partial charge in [-0.05, 0) is 48.6 Å². The normalized spacial score (nSPS) is 11.3. The van der Waals surface area contributed by atoms with Crippen LogP contribution in [0.2, 0.25) is 0 Å². The van der Waals surface area contributed by atoms with E-state index in [2.05, 4.69) is 15.3 Å². The van der Waals surface area contributed by atoms with E-state index in [0.717, 1.165) is 12.1 Å². The van der Waals surface area contributed by atoms with Crippen LogP contribution in [-0.4, -0.2) is 20.0 Å². The summed E-state index contributed by atoms with van der Waals surface area (Å²) in [6, 6.07) is 10.6. The third kappa shape index (κ3) is 3.92. The van der Waals surface area contributed by atoms with Crippen LogP contribution in [0.4, 0.5) is 26.2 Å². The number of nitro groups is 1. The van der Waals surface area contributed by atoms with Crippen molar-refractivity contribution >= 4 is 40.4 Å². The Bertz CT molecular complexity index is 1290. The molecule has 0 saturated carbocycles. The number of benzene rings is 2. The van der Waals surface area contributed by atoms with Crippen molar-refractivity contribution in [3.8, 4) is 5.75 Å². The maximum absolute atomic E-state index is 13.8. The molecule has 10 heteroatoms. The van der Waals surface area contributed by atoms with Gasteiger partial charge in [-0.15, -0.1) is 0 Å². The standard InChI is InChI=1S/C20H12F2N4O4/c21-15-9-14-17(10-16(15)22)24-18(7-5-13-6-8-19(30-13)26(28)29)25-20(14)23-11-1-3-12(27)4-2-11/h1-10,27H,(H,23,24,25). The summed E-state index contributed by atoms with van der Waals surface area (Å²) in [5.74, 6) is -1.93. The summed E-state index contributed by atoms with van der Waals surface area (Å²) in [5.41, 5.74) is 0.698. The molecule has 2 aromatic carbocycles. The lowest BCUT2D eigenvalue weighted by Gasteiger charge is -2.10. The summed E-state index contributed by atoms with van der Waals surface area (Å²) in [7, 11) is 0. The van der Waals surface area contributed by atoms with Crippen molar-refractivity contribution in [2.75, 3.05) is 5.32 Å². The lowest BCUT2D eigenvalue weighted by atomic mass is 10.2. The summed E-state index contributed by atoms with van der Waals surface area (Å²) >= 11 is 0. The van der Waals surface area contributed by atoms with Crippen molar-refractivity contribution in [2.24, 2.45) is 0 Å². The highest BCUT2D eigenvalue weighted by Gasteiger charge is 2.13. The second-order valence-electron chi connectivity index (χ2n) is 6.15. The minimum absolute atomic E-state index is 0.0670. The Morgan fingerprint density at radius 3 is 2.47 bits per heavy atom. The van der Waals surface area contributed by atoms with Gasteiger partial charge in [-0.25, -0.2) is 18.7 Å². The first kappa shape index (κ1) is 19.0. The molecule has 0 atom stereocenters.